The first-order valence-corrected chi connectivity index (χ1v) is 7.27. The fourth-order valence-corrected chi connectivity index (χ4v) is 2.76. The molecule has 22 heavy (non-hydrogen) atoms. The minimum Gasteiger partial charge on any atom is -0.451 e. The van der Waals surface area contributed by atoms with Crippen molar-refractivity contribution in [2.75, 3.05) is 13.1 Å². The lowest BCUT2D eigenvalue weighted by Gasteiger charge is -2.12. The highest BCUT2D eigenvalue weighted by Crippen LogP contribution is 2.32. The Kier molecular flexibility index (Phi) is 3.85. The van der Waals surface area contributed by atoms with Gasteiger partial charge in [0, 0.05) is 30.8 Å². The van der Waals surface area contributed by atoms with Crippen molar-refractivity contribution >= 4 is 23.2 Å². The number of likely N-dealkylation sites (tertiary alicyclic amines) is 1. The molecule has 0 bridgehead atoms. The molecule has 0 radical (unpaired) electrons. The van der Waals surface area contributed by atoms with Crippen molar-refractivity contribution < 1.29 is 14.1 Å². The van der Waals surface area contributed by atoms with Crippen molar-refractivity contribution in [2.45, 2.75) is 12.8 Å². The molecule has 3 rings (SSSR count). The monoisotopic (exact) mass is 320 g/mol. The Morgan fingerprint density at radius 2 is 1.95 bits per heavy atom. The van der Waals surface area contributed by atoms with E-state index in [2.05, 4.69) is 0 Å². The molecule has 1 aromatic heterocycles. The SMILES string of the molecule is O=C(c1ccc(-c2ccc([N+](=O)[O-])cc2Cl)o1)N1CCCC1. The van der Waals surface area contributed by atoms with Gasteiger partial charge in [0.15, 0.2) is 5.76 Å². The van der Waals surface area contributed by atoms with E-state index >= 15 is 0 Å². The van der Waals surface area contributed by atoms with Crippen LogP contribution in [0, 0.1) is 10.1 Å². The number of furan rings is 1. The van der Waals surface area contributed by atoms with Crippen LogP contribution < -0.4 is 0 Å². The smallest absolute Gasteiger partial charge is 0.289 e. The van der Waals surface area contributed by atoms with Gasteiger partial charge in [-0.05, 0) is 31.0 Å². The average Bonchev–Trinajstić information content (AvgIpc) is 3.18. The second kappa shape index (κ2) is 5.81. The van der Waals surface area contributed by atoms with Gasteiger partial charge in [0.2, 0.25) is 0 Å². The third kappa shape index (κ3) is 2.69. The first-order chi connectivity index (χ1) is 10.6. The summed E-state index contributed by atoms with van der Waals surface area (Å²) < 4.78 is 5.58. The number of halogens is 1. The average molecular weight is 321 g/mol. The number of hydrogen-bond donors (Lipinski definition) is 0. The maximum atomic E-state index is 12.2. The van der Waals surface area contributed by atoms with Crippen molar-refractivity contribution in [3.05, 3.63) is 51.2 Å². The fraction of sp³-hybridized carbons (Fsp3) is 0.267. The Labute approximate surface area is 131 Å². The molecule has 1 saturated heterocycles. The molecule has 2 aromatic rings. The number of nitro benzene ring substituents is 1. The quantitative estimate of drug-likeness (QED) is 0.637. The van der Waals surface area contributed by atoms with Crippen molar-refractivity contribution in [2.24, 2.45) is 0 Å². The minimum atomic E-state index is -0.514. The molecule has 0 aliphatic carbocycles. The molecule has 1 fully saturated rings. The lowest BCUT2D eigenvalue weighted by molar-refractivity contribution is -0.384. The second-order valence-corrected chi connectivity index (χ2v) is 5.49. The number of carbonyl (C=O) groups excluding carboxylic acids is 1. The fourth-order valence-electron chi connectivity index (χ4n) is 2.49. The van der Waals surface area contributed by atoms with E-state index in [1.165, 1.54) is 18.2 Å². The molecule has 6 nitrogen and oxygen atoms in total. The number of nitrogens with zero attached hydrogens (tertiary/aromatic N) is 2. The zero-order chi connectivity index (χ0) is 15.7. The highest BCUT2D eigenvalue weighted by atomic mass is 35.5. The van der Waals surface area contributed by atoms with Gasteiger partial charge in [-0.15, -0.1) is 0 Å². The van der Waals surface area contributed by atoms with Crippen molar-refractivity contribution in [1.29, 1.82) is 0 Å². The molecule has 7 heteroatoms. The van der Waals surface area contributed by atoms with Crippen molar-refractivity contribution in [3.8, 4) is 11.3 Å². The summed E-state index contributed by atoms with van der Waals surface area (Å²) in [7, 11) is 0. The Morgan fingerprint density at radius 1 is 1.23 bits per heavy atom. The van der Waals surface area contributed by atoms with E-state index in [1.807, 2.05) is 0 Å². The van der Waals surface area contributed by atoms with Crippen LogP contribution in [-0.2, 0) is 0 Å². The van der Waals surface area contributed by atoms with E-state index < -0.39 is 4.92 Å². The van der Waals surface area contributed by atoms with E-state index in [0.29, 0.717) is 11.3 Å². The molecule has 1 amide bonds. The lowest BCUT2D eigenvalue weighted by atomic mass is 10.1. The molecule has 2 heterocycles. The van der Waals surface area contributed by atoms with Gasteiger partial charge in [-0.2, -0.15) is 0 Å². The van der Waals surface area contributed by atoms with Crippen LogP contribution in [0.4, 0.5) is 5.69 Å². The molecule has 1 aliphatic heterocycles. The lowest BCUT2D eigenvalue weighted by Crippen LogP contribution is -2.27. The van der Waals surface area contributed by atoms with E-state index in [4.69, 9.17) is 16.0 Å². The molecular formula is C15H13ClN2O4. The third-order valence-corrected chi connectivity index (χ3v) is 3.95. The minimum absolute atomic E-state index is 0.0892. The molecule has 0 N–H and O–H groups in total. The molecule has 0 spiro atoms. The van der Waals surface area contributed by atoms with Gasteiger partial charge in [0.05, 0.1) is 9.95 Å². The van der Waals surface area contributed by atoms with Crippen LogP contribution in [0.1, 0.15) is 23.4 Å². The van der Waals surface area contributed by atoms with Gasteiger partial charge < -0.3 is 9.32 Å². The number of rotatable bonds is 3. The molecule has 0 unspecified atom stereocenters. The molecule has 114 valence electrons. The van der Waals surface area contributed by atoms with Crippen LogP contribution in [0.5, 0.6) is 0 Å². The summed E-state index contributed by atoms with van der Waals surface area (Å²) in [5.41, 5.74) is 0.432. The number of nitro groups is 1. The largest absolute Gasteiger partial charge is 0.451 e. The Hall–Kier alpha value is -2.34. The van der Waals surface area contributed by atoms with E-state index in [0.717, 1.165) is 25.9 Å². The summed E-state index contributed by atoms with van der Waals surface area (Å²) in [6.45, 7) is 1.49. The molecule has 1 aliphatic rings. The zero-order valence-electron chi connectivity index (χ0n) is 11.6. The summed E-state index contributed by atoms with van der Waals surface area (Å²) in [6, 6.07) is 7.39. The second-order valence-electron chi connectivity index (χ2n) is 5.08. The van der Waals surface area contributed by atoms with Crippen LogP contribution in [0.3, 0.4) is 0 Å². The van der Waals surface area contributed by atoms with E-state index in [1.54, 1.807) is 17.0 Å². The normalized spacial score (nSPS) is 14.3. The molecule has 0 saturated carbocycles. The summed E-state index contributed by atoms with van der Waals surface area (Å²) in [5.74, 6) is 0.538. The Balaban J connectivity index is 1.87. The van der Waals surface area contributed by atoms with Crippen molar-refractivity contribution in [1.82, 2.24) is 4.90 Å². The Morgan fingerprint density at radius 3 is 2.59 bits per heavy atom. The summed E-state index contributed by atoms with van der Waals surface area (Å²) in [6.07, 6.45) is 2.01. The number of non-ortho nitro benzene ring substituents is 1. The highest BCUT2D eigenvalue weighted by molar-refractivity contribution is 6.33. The summed E-state index contributed by atoms with van der Waals surface area (Å²) >= 11 is 6.06. The van der Waals surface area contributed by atoms with Gasteiger partial charge in [0.25, 0.3) is 11.6 Å². The van der Waals surface area contributed by atoms with Gasteiger partial charge in [-0.1, -0.05) is 11.6 Å². The van der Waals surface area contributed by atoms with Crippen LogP contribution >= 0.6 is 11.6 Å². The number of hydrogen-bond acceptors (Lipinski definition) is 4. The summed E-state index contributed by atoms with van der Waals surface area (Å²) in [5, 5.41) is 10.9. The maximum absolute atomic E-state index is 12.2. The molecular weight excluding hydrogens is 308 g/mol. The van der Waals surface area contributed by atoms with Gasteiger partial charge >= 0.3 is 0 Å². The molecule has 0 atom stereocenters. The first-order valence-electron chi connectivity index (χ1n) is 6.89. The topological polar surface area (TPSA) is 76.6 Å². The van der Waals surface area contributed by atoms with E-state index in [9.17, 15) is 14.9 Å². The Bertz CT molecular complexity index is 735. The van der Waals surface area contributed by atoms with Crippen LogP contribution in [0.25, 0.3) is 11.3 Å². The van der Waals surface area contributed by atoms with Gasteiger partial charge in [-0.3, -0.25) is 14.9 Å². The van der Waals surface area contributed by atoms with E-state index in [-0.39, 0.29) is 22.4 Å². The number of benzene rings is 1. The van der Waals surface area contributed by atoms with Crippen molar-refractivity contribution in [3.63, 3.8) is 0 Å². The number of carbonyl (C=O) groups is 1. The first kappa shape index (κ1) is 14.6. The van der Waals surface area contributed by atoms with Gasteiger partial charge in [-0.25, -0.2) is 0 Å². The standard InChI is InChI=1S/C15H13ClN2O4/c16-12-9-10(18(20)21)3-4-11(12)13-5-6-14(22-13)15(19)17-7-1-2-8-17/h3-6,9H,1-2,7-8H2. The van der Waals surface area contributed by atoms with Gasteiger partial charge in [0.1, 0.15) is 5.76 Å². The molecule has 1 aromatic carbocycles. The summed E-state index contributed by atoms with van der Waals surface area (Å²) in [4.78, 5) is 24.2. The number of amides is 1. The maximum Gasteiger partial charge on any atom is 0.289 e. The van der Waals surface area contributed by atoms with Crippen LogP contribution in [0.2, 0.25) is 5.02 Å². The highest BCUT2D eigenvalue weighted by Gasteiger charge is 2.23. The predicted molar refractivity (Wildman–Crippen MR) is 80.9 cm³/mol. The zero-order valence-corrected chi connectivity index (χ0v) is 12.4. The predicted octanol–water partition coefficient (Wildman–Crippen LogP) is 3.74. The third-order valence-electron chi connectivity index (χ3n) is 3.64. The van der Waals surface area contributed by atoms with Crippen LogP contribution in [-0.4, -0.2) is 28.8 Å². The van der Waals surface area contributed by atoms with Crippen LogP contribution in [0.15, 0.2) is 34.7 Å².